The minimum absolute atomic E-state index is 0.245. The Kier molecular flexibility index (Phi) is 14.4. The Bertz CT molecular complexity index is 280. The van der Waals surface area contributed by atoms with E-state index in [1.165, 1.54) is 0 Å². The summed E-state index contributed by atoms with van der Waals surface area (Å²) in [6.07, 6.45) is 0.260. The van der Waals surface area contributed by atoms with E-state index in [0.717, 1.165) is 13.1 Å². The molecule has 7 nitrogen and oxygen atoms in total. The second-order valence-electron chi connectivity index (χ2n) is 5.92. The van der Waals surface area contributed by atoms with Gasteiger partial charge in [-0.25, -0.2) is 0 Å². The average molecular weight is 335 g/mol. The fourth-order valence-electron chi connectivity index (χ4n) is 1.53. The van der Waals surface area contributed by atoms with Crippen molar-refractivity contribution in [2.24, 2.45) is 0 Å². The first kappa shape index (κ1) is 22.3. The molecular formula is C16H33NO6. The lowest BCUT2D eigenvalue weighted by Crippen LogP contribution is -2.24. The predicted octanol–water partition coefficient (Wildman–Crippen LogP) is 1.00. The first-order valence-electron chi connectivity index (χ1n) is 8.10. The molecule has 0 rings (SSSR count). The predicted molar refractivity (Wildman–Crippen MR) is 87.7 cm³/mol. The van der Waals surface area contributed by atoms with E-state index < -0.39 is 5.60 Å². The first-order chi connectivity index (χ1) is 11.0. The van der Waals surface area contributed by atoms with Crippen LogP contribution in [-0.2, 0) is 28.5 Å². The molecular weight excluding hydrogens is 302 g/mol. The van der Waals surface area contributed by atoms with E-state index in [9.17, 15) is 4.79 Å². The lowest BCUT2D eigenvalue weighted by molar-refractivity contribution is -0.156. The van der Waals surface area contributed by atoms with Crippen molar-refractivity contribution in [3.05, 3.63) is 0 Å². The molecule has 0 aromatic heterocycles. The summed E-state index contributed by atoms with van der Waals surface area (Å²) in [5.41, 5.74) is -0.445. The van der Waals surface area contributed by atoms with Gasteiger partial charge >= 0.3 is 5.97 Å². The van der Waals surface area contributed by atoms with Gasteiger partial charge in [0.05, 0.1) is 52.7 Å². The summed E-state index contributed by atoms with van der Waals surface area (Å²) in [7, 11) is 1.68. The minimum Gasteiger partial charge on any atom is -0.460 e. The van der Waals surface area contributed by atoms with Crippen molar-refractivity contribution < 1.29 is 28.5 Å². The molecule has 0 radical (unpaired) electrons. The molecule has 0 aliphatic heterocycles. The molecule has 7 heteroatoms. The summed E-state index contributed by atoms with van der Waals surface area (Å²) in [6.45, 7) is 10.9. The van der Waals surface area contributed by atoms with E-state index >= 15 is 0 Å². The van der Waals surface area contributed by atoms with Crippen LogP contribution < -0.4 is 5.32 Å². The van der Waals surface area contributed by atoms with Crippen LogP contribution in [0.5, 0.6) is 0 Å². The van der Waals surface area contributed by atoms with Crippen LogP contribution in [0.3, 0.4) is 0 Å². The Hall–Kier alpha value is -0.730. The van der Waals surface area contributed by atoms with Crippen molar-refractivity contribution >= 4 is 5.97 Å². The van der Waals surface area contributed by atoms with Gasteiger partial charge in [-0.2, -0.15) is 0 Å². The Morgan fingerprint density at radius 1 is 0.826 bits per heavy atom. The Balaban J connectivity index is 3.15. The monoisotopic (exact) mass is 335 g/mol. The van der Waals surface area contributed by atoms with Gasteiger partial charge in [-0.05, 0) is 20.8 Å². The summed E-state index contributed by atoms with van der Waals surface area (Å²) in [5.74, 6) is -0.245. The van der Waals surface area contributed by atoms with Crippen LogP contribution in [0.2, 0.25) is 0 Å². The van der Waals surface area contributed by atoms with Crippen molar-refractivity contribution in [2.75, 3.05) is 66.4 Å². The van der Waals surface area contributed by atoms with Gasteiger partial charge in [0.25, 0.3) is 0 Å². The van der Waals surface area contributed by atoms with Crippen molar-refractivity contribution in [1.82, 2.24) is 5.32 Å². The van der Waals surface area contributed by atoms with Crippen LogP contribution in [0.1, 0.15) is 27.2 Å². The fourth-order valence-corrected chi connectivity index (χ4v) is 1.53. The van der Waals surface area contributed by atoms with Crippen molar-refractivity contribution in [3.8, 4) is 0 Å². The number of hydrogen-bond acceptors (Lipinski definition) is 7. The van der Waals surface area contributed by atoms with Crippen LogP contribution in [0.4, 0.5) is 0 Å². The summed E-state index contributed by atoms with van der Waals surface area (Å²) in [4.78, 5) is 11.4. The third kappa shape index (κ3) is 19.2. The molecule has 0 heterocycles. The minimum atomic E-state index is -0.445. The first-order valence-corrected chi connectivity index (χ1v) is 8.10. The summed E-state index contributed by atoms with van der Waals surface area (Å²) in [5, 5.41) is 3.19. The molecule has 0 unspecified atom stereocenters. The molecule has 0 fully saturated rings. The molecule has 0 aromatic rings. The zero-order chi connectivity index (χ0) is 17.4. The van der Waals surface area contributed by atoms with E-state index in [4.69, 9.17) is 23.7 Å². The maximum absolute atomic E-state index is 11.4. The largest absolute Gasteiger partial charge is 0.460 e. The fraction of sp³-hybridized carbons (Fsp3) is 0.938. The molecule has 0 amide bonds. The molecule has 1 N–H and O–H groups in total. The van der Waals surface area contributed by atoms with Crippen molar-refractivity contribution in [2.45, 2.75) is 32.8 Å². The number of nitrogens with one attached hydrogen (secondary N) is 1. The second kappa shape index (κ2) is 14.8. The molecule has 0 spiro atoms. The molecule has 0 aromatic carbocycles. The third-order valence-electron chi connectivity index (χ3n) is 2.52. The van der Waals surface area contributed by atoms with Crippen molar-refractivity contribution in [1.29, 1.82) is 0 Å². The maximum Gasteiger partial charge on any atom is 0.308 e. The van der Waals surface area contributed by atoms with Gasteiger partial charge in [0, 0.05) is 20.2 Å². The van der Waals surface area contributed by atoms with Crippen LogP contribution in [0, 0.1) is 0 Å². The maximum atomic E-state index is 11.4. The molecule has 0 aliphatic carbocycles. The quantitative estimate of drug-likeness (QED) is 0.353. The second-order valence-corrected chi connectivity index (χ2v) is 5.92. The van der Waals surface area contributed by atoms with Gasteiger partial charge in [0.2, 0.25) is 0 Å². The normalized spacial score (nSPS) is 11.7. The molecule has 23 heavy (non-hydrogen) atoms. The van der Waals surface area contributed by atoms with Gasteiger partial charge in [-0.1, -0.05) is 0 Å². The molecule has 0 bridgehead atoms. The van der Waals surface area contributed by atoms with E-state index in [0.29, 0.717) is 46.2 Å². The molecule has 0 aliphatic rings. The summed E-state index contributed by atoms with van der Waals surface area (Å²) < 4.78 is 26.1. The number of methoxy groups -OCH3 is 1. The summed E-state index contributed by atoms with van der Waals surface area (Å²) >= 11 is 0. The van der Waals surface area contributed by atoms with Crippen LogP contribution in [0.15, 0.2) is 0 Å². The van der Waals surface area contributed by atoms with Crippen LogP contribution in [0.25, 0.3) is 0 Å². The van der Waals surface area contributed by atoms with Gasteiger partial charge in [-0.15, -0.1) is 0 Å². The highest BCUT2D eigenvalue weighted by Crippen LogP contribution is 2.07. The molecule has 0 atom stereocenters. The number of carbonyl (C=O) groups is 1. The third-order valence-corrected chi connectivity index (χ3v) is 2.52. The van der Waals surface area contributed by atoms with Crippen LogP contribution in [-0.4, -0.2) is 78.0 Å². The standard InChI is InChI=1S/C16H33NO6/c1-16(2,3)23-15(18)5-8-20-11-13-22-14-12-21-10-7-17-6-9-19-4/h17H,5-14H2,1-4H3. The number of rotatable bonds is 15. The lowest BCUT2D eigenvalue weighted by Gasteiger charge is -2.19. The Morgan fingerprint density at radius 2 is 1.35 bits per heavy atom. The molecule has 138 valence electrons. The van der Waals surface area contributed by atoms with E-state index in [1.807, 2.05) is 20.8 Å². The number of ether oxygens (including phenoxy) is 5. The Labute approximate surface area is 139 Å². The zero-order valence-electron chi connectivity index (χ0n) is 15.0. The molecule has 0 saturated heterocycles. The van der Waals surface area contributed by atoms with Gasteiger partial charge in [0.1, 0.15) is 5.60 Å². The van der Waals surface area contributed by atoms with E-state index in [2.05, 4.69) is 5.32 Å². The number of carbonyl (C=O) groups excluding carboxylic acids is 1. The van der Waals surface area contributed by atoms with Gasteiger partial charge in [0.15, 0.2) is 0 Å². The smallest absolute Gasteiger partial charge is 0.308 e. The van der Waals surface area contributed by atoms with Gasteiger partial charge < -0.3 is 29.0 Å². The number of hydrogen-bond donors (Lipinski definition) is 1. The highest BCUT2D eigenvalue weighted by atomic mass is 16.6. The lowest BCUT2D eigenvalue weighted by atomic mass is 10.2. The highest BCUT2D eigenvalue weighted by molar-refractivity contribution is 5.69. The topological polar surface area (TPSA) is 75.3 Å². The highest BCUT2D eigenvalue weighted by Gasteiger charge is 2.15. The van der Waals surface area contributed by atoms with E-state index in [1.54, 1.807) is 7.11 Å². The van der Waals surface area contributed by atoms with Crippen LogP contribution >= 0.6 is 0 Å². The number of esters is 1. The SMILES string of the molecule is COCCNCCOCCOCCOCCC(=O)OC(C)(C)C. The zero-order valence-corrected chi connectivity index (χ0v) is 15.0. The molecule has 0 saturated carbocycles. The Morgan fingerprint density at radius 3 is 1.91 bits per heavy atom. The average Bonchev–Trinajstić information content (AvgIpc) is 2.46. The van der Waals surface area contributed by atoms with Crippen molar-refractivity contribution in [3.63, 3.8) is 0 Å². The summed E-state index contributed by atoms with van der Waals surface area (Å²) in [6, 6.07) is 0. The van der Waals surface area contributed by atoms with E-state index in [-0.39, 0.29) is 12.4 Å². The van der Waals surface area contributed by atoms with Gasteiger partial charge in [-0.3, -0.25) is 4.79 Å².